The van der Waals surface area contributed by atoms with Gasteiger partial charge in [0.2, 0.25) is 5.91 Å². The van der Waals surface area contributed by atoms with Gasteiger partial charge < -0.3 is 15.5 Å². The molecule has 1 aromatic carbocycles. The summed E-state index contributed by atoms with van der Waals surface area (Å²) in [6.07, 6.45) is 1.35. The van der Waals surface area contributed by atoms with E-state index in [1.807, 2.05) is 14.1 Å². The largest absolute Gasteiger partial charge is 0.355 e. The average molecular weight is 372 g/mol. The fourth-order valence-electron chi connectivity index (χ4n) is 2.80. The average Bonchev–Trinajstić information content (AvgIpc) is 3.01. The minimum atomic E-state index is -0.348. The molecule has 1 aliphatic heterocycles. The van der Waals surface area contributed by atoms with E-state index >= 15 is 0 Å². The molecule has 0 aromatic heterocycles. The molecule has 1 heterocycles. The van der Waals surface area contributed by atoms with E-state index in [9.17, 15) is 9.59 Å². The number of nitrogens with zero attached hydrogens (tertiary/aromatic N) is 1. The van der Waals surface area contributed by atoms with Gasteiger partial charge in [-0.3, -0.25) is 9.59 Å². The molecule has 1 fully saturated rings. The van der Waals surface area contributed by atoms with Gasteiger partial charge in [0.1, 0.15) is 0 Å². The van der Waals surface area contributed by atoms with E-state index < -0.39 is 0 Å². The van der Waals surface area contributed by atoms with E-state index in [0.29, 0.717) is 35.1 Å². The molecule has 2 N–H and O–H groups in total. The zero-order chi connectivity index (χ0) is 17.7. The first-order chi connectivity index (χ1) is 11.4. The third-order valence-electron chi connectivity index (χ3n) is 4.11. The molecule has 0 bridgehead atoms. The van der Waals surface area contributed by atoms with Crippen LogP contribution in [0.5, 0.6) is 0 Å². The van der Waals surface area contributed by atoms with Gasteiger partial charge in [-0.25, -0.2) is 0 Å². The molecule has 1 amide bonds. The molecule has 1 aromatic rings. The third kappa shape index (κ3) is 4.93. The predicted octanol–water partition coefficient (Wildman–Crippen LogP) is 2.22. The van der Waals surface area contributed by atoms with Crippen LogP contribution >= 0.6 is 23.2 Å². The van der Waals surface area contributed by atoms with Gasteiger partial charge in [-0.15, -0.1) is 0 Å². The second kappa shape index (κ2) is 8.81. The zero-order valence-corrected chi connectivity index (χ0v) is 15.5. The van der Waals surface area contributed by atoms with Crippen molar-refractivity contribution in [3.8, 4) is 0 Å². The summed E-state index contributed by atoms with van der Waals surface area (Å²) in [5.41, 5.74) is 0.347. The van der Waals surface area contributed by atoms with E-state index in [4.69, 9.17) is 23.2 Å². The molecule has 5 nitrogen and oxygen atoms in total. The van der Waals surface area contributed by atoms with Crippen molar-refractivity contribution in [1.29, 1.82) is 0 Å². The van der Waals surface area contributed by atoms with E-state index in [1.54, 1.807) is 18.2 Å². The first-order valence-corrected chi connectivity index (χ1v) is 8.79. The number of carbonyl (C=O) groups excluding carboxylic acids is 2. The van der Waals surface area contributed by atoms with Gasteiger partial charge in [-0.1, -0.05) is 29.3 Å². The van der Waals surface area contributed by atoms with Crippen LogP contribution in [0.1, 0.15) is 23.2 Å². The lowest BCUT2D eigenvalue weighted by Crippen LogP contribution is -2.41. The zero-order valence-electron chi connectivity index (χ0n) is 13.9. The van der Waals surface area contributed by atoms with E-state index in [2.05, 4.69) is 15.5 Å². The fraction of sp³-hybridized carbons (Fsp3) is 0.529. The molecule has 0 spiro atoms. The van der Waals surface area contributed by atoms with Crippen LogP contribution in [-0.4, -0.2) is 56.4 Å². The number of halogens is 2. The number of carbonyl (C=O) groups is 2. The lowest BCUT2D eigenvalue weighted by atomic mass is 9.95. The van der Waals surface area contributed by atoms with Gasteiger partial charge in [0, 0.05) is 19.0 Å². The standard InChI is InChI=1S/C17H23Cl2N3O2/c1-22(2)8-4-7-20-17(24)14-9-11(10-21-14)16(23)15-12(18)5-3-6-13(15)19/h3,5-6,11,14,21H,4,7-10H2,1-2H3,(H,20,24). The van der Waals surface area contributed by atoms with Crippen LogP contribution in [0.4, 0.5) is 0 Å². The molecule has 132 valence electrons. The van der Waals surface area contributed by atoms with Crippen LogP contribution in [0, 0.1) is 5.92 Å². The molecular formula is C17H23Cl2N3O2. The molecule has 7 heteroatoms. The van der Waals surface area contributed by atoms with Crippen LogP contribution < -0.4 is 10.6 Å². The normalized spacial score (nSPS) is 20.4. The number of nitrogens with one attached hydrogen (secondary N) is 2. The summed E-state index contributed by atoms with van der Waals surface area (Å²) < 4.78 is 0. The molecule has 0 aliphatic carbocycles. The minimum Gasteiger partial charge on any atom is -0.355 e. The maximum atomic E-state index is 12.6. The van der Waals surface area contributed by atoms with E-state index in [-0.39, 0.29) is 23.7 Å². The lowest BCUT2D eigenvalue weighted by Gasteiger charge is -2.13. The summed E-state index contributed by atoms with van der Waals surface area (Å²) in [6, 6.07) is 4.66. The highest BCUT2D eigenvalue weighted by Crippen LogP contribution is 2.29. The number of Topliss-reactive ketones (excluding diaryl/α,β-unsaturated/α-hetero) is 1. The van der Waals surface area contributed by atoms with Crippen molar-refractivity contribution >= 4 is 34.9 Å². The molecule has 0 radical (unpaired) electrons. The quantitative estimate of drug-likeness (QED) is 0.569. The van der Waals surface area contributed by atoms with Crippen molar-refractivity contribution < 1.29 is 9.59 Å². The predicted molar refractivity (Wildman–Crippen MR) is 96.9 cm³/mol. The highest BCUT2D eigenvalue weighted by atomic mass is 35.5. The Morgan fingerprint density at radius 1 is 1.29 bits per heavy atom. The summed E-state index contributed by atoms with van der Waals surface area (Å²) in [6.45, 7) is 2.00. The van der Waals surface area contributed by atoms with E-state index in [0.717, 1.165) is 13.0 Å². The van der Waals surface area contributed by atoms with Crippen LogP contribution in [-0.2, 0) is 4.79 Å². The van der Waals surface area contributed by atoms with Gasteiger partial charge in [0.05, 0.1) is 21.7 Å². The van der Waals surface area contributed by atoms with Crippen LogP contribution in [0.15, 0.2) is 18.2 Å². The number of hydrogen-bond acceptors (Lipinski definition) is 4. The molecule has 2 atom stereocenters. The summed E-state index contributed by atoms with van der Waals surface area (Å²) in [4.78, 5) is 26.9. The maximum absolute atomic E-state index is 12.6. The number of rotatable bonds is 7. The molecule has 0 saturated carbocycles. The van der Waals surface area contributed by atoms with Crippen molar-refractivity contribution in [2.75, 3.05) is 33.7 Å². The lowest BCUT2D eigenvalue weighted by molar-refractivity contribution is -0.122. The highest BCUT2D eigenvalue weighted by Gasteiger charge is 2.35. The SMILES string of the molecule is CN(C)CCCNC(=O)C1CC(C(=O)c2c(Cl)cccc2Cl)CN1. The Hall–Kier alpha value is -1.14. The highest BCUT2D eigenvalue weighted by molar-refractivity contribution is 6.40. The monoisotopic (exact) mass is 371 g/mol. The Morgan fingerprint density at radius 3 is 2.58 bits per heavy atom. The third-order valence-corrected chi connectivity index (χ3v) is 4.74. The van der Waals surface area contributed by atoms with Crippen molar-refractivity contribution in [2.45, 2.75) is 18.9 Å². The number of ketones is 1. The Kier molecular flexibility index (Phi) is 7.04. The van der Waals surface area contributed by atoms with Crippen LogP contribution in [0.25, 0.3) is 0 Å². The van der Waals surface area contributed by atoms with Gasteiger partial charge in [0.15, 0.2) is 5.78 Å². The van der Waals surface area contributed by atoms with Crippen molar-refractivity contribution in [2.24, 2.45) is 5.92 Å². The van der Waals surface area contributed by atoms with Crippen molar-refractivity contribution in [3.63, 3.8) is 0 Å². The van der Waals surface area contributed by atoms with Gasteiger partial charge in [0.25, 0.3) is 0 Å². The number of hydrogen-bond donors (Lipinski definition) is 2. The minimum absolute atomic E-state index is 0.0608. The molecule has 1 aliphatic rings. The molecule has 1 saturated heterocycles. The second-order valence-electron chi connectivity index (χ2n) is 6.30. The van der Waals surface area contributed by atoms with Gasteiger partial charge in [-0.2, -0.15) is 0 Å². The van der Waals surface area contributed by atoms with Crippen molar-refractivity contribution in [3.05, 3.63) is 33.8 Å². The van der Waals surface area contributed by atoms with Crippen LogP contribution in [0.3, 0.4) is 0 Å². The second-order valence-corrected chi connectivity index (χ2v) is 7.12. The molecule has 2 rings (SSSR count). The summed E-state index contributed by atoms with van der Waals surface area (Å²) in [7, 11) is 3.99. The van der Waals surface area contributed by atoms with Gasteiger partial charge in [-0.05, 0) is 45.6 Å². The first-order valence-electron chi connectivity index (χ1n) is 8.04. The maximum Gasteiger partial charge on any atom is 0.237 e. The molecule has 2 unspecified atom stereocenters. The first kappa shape index (κ1) is 19.2. The topological polar surface area (TPSA) is 61.4 Å². The Balaban J connectivity index is 1.88. The smallest absolute Gasteiger partial charge is 0.237 e. The number of benzene rings is 1. The summed E-state index contributed by atoms with van der Waals surface area (Å²) >= 11 is 12.2. The van der Waals surface area contributed by atoms with Gasteiger partial charge >= 0.3 is 0 Å². The summed E-state index contributed by atoms with van der Waals surface area (Å²) in [5.74, 6) is -0.463. The number of amides is 1. The van der Waals surface area contributed by atoms with Crippen LogP contribution in [0.2, 0.25) is 10.0 Å². The molecule has 24 heavy (non-hydrogen) atoms. The Morgan fingerprint density at radius 2 is 1.96 bits per heavy atom. The fourth-order valence-corrected chi connectivity index (χ4v) is 3.39. The van der Waals surface area contributed by atoms with Crippen molar-refractivity contribution in [1.82, 2.24) is 15.5 Å². The van der Waals surface area contributed by atoms with E-state index in [1.165, 1.54) is 0 Å². The molecular weight excluding hydrogens is 349 g/mol. The summed E-state index contributed by atoms with van der Waals surface area (Å²) in [5, 5.41) is 6.73. The Bertz CT molecular complexity index is 587. The Labute approximate surface area is 152 Å².